The van der Waals surface area contributed by atoms with Crippen LogP contribution in [0.4, 0.5) is 14.5 Å². The van der Waals surface area contributed by atoms with Crippen molar-refractivity contribution in [3.63, 3.8) is 0 Å². The molecule has 1 aromatic heterocycles. The second kappa shape index (κ2) is 9.54. The average molecular weight is 541 g/mol. The third-order valence-corrected chi connectivity index (χ3v) is 9.14. The summed E-state index contributed by atoms with van der Waals surface area (Å²) >= 11 is 0. The molecule has 0 saturated heterocycles. The monoisotopic (exact) mass is 540 g/mol. The molecule has 1 heterocycles. The van der Waals surface area contributed by atoms with Crippen molar-refractivity contribution in [3.8, 4) is 5.69 Å². The number of nitrogens with one attached hydrogen (secondary N) is 1. The number of benzene rings is 3. The Hall–Kier alpha value is -4.07. The van der Waals surface area contributed by atoms with E-state index in [2.05, 4.69) is 10.5 Å². The fraction of sp³-hybridized carbons (Fsp3) is 0.344. The maximum Gasteiger partial charge on any atom is 0.289 e. The molecule has 8 rings (SSSR count). The highest BCUT2D eigenvalue weighted by Crippen LogP contribution is 2.60. The van der Waals surface area contributed by atoms with Gasteiger partial charge in [-0.2, -0.15) is 5.10 Å². The lowest BCUT2D eigenvalue weighted by atomic mass is 9.49. The molecule has 4 aliphatic carbocycles. The van der Waals surface area contributed by atoms with Crippen molar-refractivity contribution in [3.05, 3.63) is 110 Å². The minimum Gasteiger partial charge on any atom is -0.304 e. The highest BCUT2D eigenvalue weighted by atomic mass is 19.1. The van der Waals surface area contributed by atoms with Crippen LogP contribution in [-0.4, -0.2) is 9.13 Å². The number of hydrogen-bond donors (Lipinski definition) is 1. The smallest absolute Gasteiger partial charge is 0.289 e. The Morgan fingerprint density at radius 1 is 0.775 bits per heavy atom. The molecule has 0 unspecified atom stereocenters. The summed E-state index contributed by atoms with van der Waals surface area (Å²) in [6.45, 7) is 0.447. The quantitative estimate of drug-likeness (QED) is 0.337. The van der Waals surface area contributed by atoms with Crippen LogP contribution < -0.4 is 21.9 Å². The second-order valence-corrected chi connectivity index (χ2v) is 12.0. The zero-order chi connectivity index (χ0) is 27.4. The fourth-order valence-electron chi connectivity index (χ4n) is 8.00. The van der Waals surface area contributed by atoms with Gasteiger partial charge in [0, 0.05) is 18.3 Å². The first-order valence-corrected chi connectivity index (χ1v) is 14.0. The minimum atomic E-state index is -0.708. The maximum absolute atomic E-state index is 14.8. The summed E-state index contributed by atoms with van der Waals surface area (Å²) in [5.41, 5.74) is 3.20. The minimum absolute atomic E-state index is 0.0396. The molecular formula is C32H30F2N4O2. The van der Waals surface area contributed by atoms with Crippen molar-refractivity contribution in [2.45, 2.75) is 45.1 Å². The van der Waals surface area contributed by atoms with Gasteiger partial charge >= 0.3 is 0 Å². The number of nitrogens with zero attached hydrogens (tertiary/aromatic N) is 3. The topological polar surface area (TPSA) is 68.4 Å². The summed E-state index contributed by atoms with van der Waals surface area (Å²) in [5.74, 6) is 1.01. The van der Waals surface area contributed by atoms with E-state index >= 15 is 0 Å². The summed E-state index contributed by atoms with van der Waals surface area (Å²) in [6, 6.07) is 18.6. The Balaban J connectivity index is 1.51. The molecule has 4 aliphatic rings. The van der Waals surface area contributed by atoms with Gasteiger partial charge in [-0.25, -0.2) is 8.78 Å². The van der Waals surface area contributed by atoms with Gasteiger partial charge in [0.1, 0.15) is 11.6 Å². The van der Waals surface area contributed by atoms with E-state index in [1.54, 1.807) is 22.8 Å². The van der Waals surface area contributed by atoms with Crippen LogP contribution >= 0.6 is 0 Å². The van der Waals surface area contributed by atoms with Crippen LogP contribution in [0.1, 0.15) is 38.5 Å². The molecule has 4 aromatic rings. The van der Waals surface area contributed by atoms with Crippen molar-refractivity contribution < 1.29 is 8.78 Å². The van der Waals surface area contributed by atoms with E-state index in [9.17, 15) is 18.4 Å². The lowest BCUT2D eigenvalue weighted by Crippen LogP contribution is -2.51. The van der Waals surface area contributed by atoms with Gasteiger partial charge < -0.3 is 4.57 Å². The van der Waals surface area contributed by atoms with Gasteiger partial charge in [-0.1, -0.05) is 18.2 Å². The summed E-state index contributed by atoms with van der Waals surface area (Å²) in [5, 5.41) is 4.02. The second-order valence-electron chi connectivity index (χ2n) is 12.0. The van der Waals surface area contributed by atoms with Gasteiger partial charge in [0.15, 0.2) is 0 Å². The summed E-state index contributed by atoms with van der Waals surface area (Å²) in [7, 11) is 0. The number of aromatic nitrogens is 2. The number of fused-ring (bicyclic) bond motifs is 1. The zero-order valence-corrected chi connectivity index (χ0v) is 22.0. The van der Waals surface area contributed by atoms with E-state index in [1.165, 1.54) is 60.2 Å². The van der Waals surface area contributed by atoms with Crippen LogP contribution in [-0.2, 0) is 6.54 Å². The molecule has 3 aromatic carbocycles. The van der Waals surface area contributed by atoms with E-state index in [-0.39, 0.29) is 16.3 Å². The van der Waals surface area contributed by atoms with Crippen molar-refractivity contribution in [1.29, 1.82) is 0 Å². The molecule has 0 spiro atoms. The Kier molecular flexibility index (Phi) is 5.95. The zero-order valence-electron chi connectivity index (χ0n) is 22.0. The van der Waals surface area contributed by atoms with Crippen LogP contribution in [0, 0.1) is 34.8 Å². The number of para-hydroxylation sites is 1. The maximum atomic E-state index is 14.8. The number of anilines is 1. The van der Waals surface area contributed by atoms with Crippen molar-refractivity contribution in [1.82, 2.24) is 9.13 Å². The molecule has 0 atom stereocenters. The van der Waals surface area contributed by atoms with Gasteiger partial charge in [0.25, 0.3) is 11.1 Å². The normalized spacial score (nSPS) is 25.4. The third kappa shape index (κ3) is 4.35. The van der Waals surface area contributed by atoms with E-state index in [0.29, 0.717) is 41.2 Å². The summed E-state index contributed by atoms with van der Waals surface area (Å²) in [6.07, 6.45) is 6.97. The lowest BCUT2D eigenvalue weighted by molar-refractivity contribution is -0.0617. The number of hydrogen-bond acceptors (Lipinski definition) is 4. The predicted molar refractivity (Wildman–Crippen MR) is 150 cm³/mol. The molecule has 0 amide bonds. The molecule has 4 bridgehead atoms. The Labute approximate surface area is 229 Å². The van der Waals surface area contributed by atoms with E-state index in [0.717, 1.165) is 19.3 Å². The highest BCUT2D eigenvalue weighted by molar-refractivity contribution is 5.77. The number of halogens is 2. The van der Waals surface area contributed by atoms with Gasteiger partial charge in [-0.3, -0.25) is 19.6 Å². The van der Waals surface area contributed by atoms with E-state index in [4.69, 9.17) is 0 Å². The van der Waals surface area contributed by atoms with Crippen LogP contribution in [0.3, 0.4) is 0 Å². The molecule has 40 heavy (non-hydrogen) atoms. The SMILES string of the molecule is O=c1c(=NNc2ccccc2)c(=O)n(-c2ccc(F)cc2)c2cc(F)ccc2n1CC12CC3CC(CC(C3)C1)C2. The molecule has 0 aliphatic heterocycles. The van der Waals surface area contributed by atoms with Crippen LogP contribution in [0.25, 0.3) is 16.7 Å². The Morgan fingerprint density at radius 2 is 1.40 bits per heavy atom. The summed E-state index contributed by atoms with van der Waals surface area (Å²) in [4.78, 5) is 28.5. The first kappa shape index (κ1) is 24.9. The molecule has 1 N–H and O–H groups in total. The Morgan fingerprint density at radius 3 is 2.05 bits per heavy atom. The van der Waals surface area contributed by atoms with Crippen LogP contribution in [0.2, 0.25) is 0 Å². The first-order chi connectivity index (χ1) is 19.4. The van der Waals surface area contributed by atoms with E-state index < -0.39 is 22.8 Å². The largest absolute Gasteiger partial charge is 0.304 e. The Bertz CT molecular complexity index is 1760. The predicted octanol–water partition coefficient (Wildman–Crippen LogP) is 5.57. The third-order valence-electron chi connectivity index (χ3n) is 9.14. The van der Waals surface area contributed by atoms with Crippen molar-refractivity contribution >= 4 is 16.7 Å². The highest BCUT2D eigenvalue weighted by Gasteiger charge is 2.51. The molecule has 4 saturated carbocycles. The van der Waals surface area contributed by atoms with Crippen LogP contribution in [0.5, 0.6) is 0 Å². The standard InChI is InChI=1S/C32H30F2N4O2/c33-23-6-9-26(10-7-23)38-28-15-24(34)8-11-27(28)37(19-32-16-20-12-21(17-32)14-22(13-20)18-32)30(39)29(31(38)40)36-35-25-4-2-1-3-5-25/h1-11,15,20-22,35H,12-14,16-19H2. The van der Waals surface area contributed by atoms with Gasteiger partial charge in [-0.05, 0) is 110 Å². The van der Waals surface area contributed by atoms with Crippen molar-refractivity contribution in [2.75, 3.05) is 5.43 Å². The van der Waals surface area contributed by atoms with Crippen LogP contribution in [0.15, 0.2) is 87.5 Å². The van der Waals surface area contributed by atoms with Gasteiger partial charge in [0.05, 0.1) is 16.7 Å². The van der Waals surface area contributed by atoms with Gasteiger partial charge in [0.2, 0.25) is 5.36 Å². The summed E-state index contributed by atoms with van der Waals surface area (Å²) < 4.78 is 31.5. The number of rotatable bonds is 5. The average Bonchev–Trinajstić information content (AvgIpc) is 3.00. The van der Waals surface area contributed by atoms with E-state index in [1.807, 2.05) is 18.2 Å². The molecular weight excluding hydrogens is 510 g/mol. The molecule has 204 valence electrons. The first-order valence-electron chi connectivity index (χ1n) is 14.0. The molecule has 0 radical (unpaired) electrons. The molecule has 4 fully saturated rings. The molecule has 6 nitrogen and oxygen atoms in total. The van der Waals surface area contributed by atoms with Crippen molar-refractivity contribution in [2.24, 2.45) is 28.3 Å². The fourth-order valence-corrected chi connectivity index (χ4v) is 8.00. The molecule has 8 heteroatoms. The lowest BCUT2D eigenvalue weighted by Gasteiger charge is -2.57. The van der Waals surface area contributed by atoms with Gasteiger partial charge in [-0.15, -0.1) is 0 Å².